The number of carboxylic acid groups (broad SMARTS) is 3. The van der Waals surface area contributed by atoms with Gasteiger partial charge in [0.15, 0.2) is 0 Å². The molecule has 0 amide bonds. The molecule has 9 heteroatoms. The van der Waals surface area contributed by atoms with Gasteiger partial charge in [0.25, 0.3) is 0 Å². The maximum atomic E-state index is 10.9. The molecule has 0 spiro atoms. The Balaban J connectivity index is 4.07. The lowest BCUT2D eigenvalue weighted by atomic mass is 10.2. The Morgan fingerprint density at radius 3 is 1.50 bits per heavy atom. The summed E-state index contributed by atoms with van der Waals surface area (Å²) >= 11 is 0. The molecule has 0 aliphatic heterocycles. The lowest BCUT2D eigenvalue weighted by molar-refractivity contribution is -0.142. The highest BCUT2D eigenvalue weighted by molar-refractivity contribution is 6.73. The van der Waals surface area contributed by atoms with Crippen LogP contribution in [0.25, 0.3) is 0 Å². The number of hydrogen-bond donors (Lipinski definition) is 3. The van der Waals surface area contributed by atoms with Gasteiger partial charge in [0.05, 0.1) is 19.6 Å². The summed E-state index contributed by atoms with van der Waals surface area (Å²) in [5.41, 5.74) is 0. The fourth-order valence-corrected chi connectivity index (χ4v) is 3.84. The van der Waals surface area contributed by atoms with Crippen LogP contribution in [0.5, 0.6) is 0 Å². The van der Waals surface area contributed by atoms with E-state index in [0.717, 1.165) is 32.2 Å². The summed E-state index contributed by atoms with van der Waals surface area (Å²) in [6.45, 7) is 7.06. The number of unbranched alkanes of at least 4 members (excludes halogenated alkanes) is 3. The smallest absolute Gasteiger partial charge is 0.317 e. The van der Waals surface area contributed by atoms with Gasteiger partial charge in [-0.2, -0.15) is 0 Å². The van der Waals surface area contributed by atoms with Crippen LogP contribution in [-0.2, 0) is 14.4 Å². The second-order valence-corrected chi connectivity index (χ2v) is 11.9. The van der Waals surface area contributed by atoms with Crippen molar-refractivity contribution in [1.29, 1.82) is 0 Å². The number of hydrogen-bond acceptors (Lipinski definition) is 5. The maximum Gasteiger partial charge on any atom is 0.317 e. The molecule has 0 radical (unpaired) electrons. The van der Waals surface area contributed by atoms with Crippen molar-refractivity contribution in [3.63, 3.8) is 0 Å². The van der Waals surface area contributed by atoms with Gasteiger partial charge in [-0.15, -0.1) is 0 Å². The zero-order chi connectivity index (χ0) is 18.8. The molecule has 0 atom stereocenters. The van der Waals surface area contributed by atoms with E-state index in [1.165, 1.54) is 4.90 Å². The van der Waals surface area contributed by atoms with Crippen molar-refractivity contribution in [3.8, 4) is 0 Å². The molecule has 0 aliphatic carbocycles. The fourth-order valence-electron chi connectivity index (χ4n) is 2.40. The molecule has 0 aromatic rings. The van der Waals surface area contributed by atoms with E-state index < -0.39 is 26.1 Å². The minimum absolute atomic E-state index is 0.0702. The van der Waals surface area contributed by atoms with Crippen molar-refractivity contribution in [3.05, 3.63) is 0 Å². The van der Waals surface area contributed by atoms with Gasteiger partial charge in [-0.25, -0.2) is 0 Å². The van der Waals surface area contributed by atoms with Crippen LogP contribution in [0.3, 0.4) is 0 Å². The van der Waals surface area contributed by atoms with Crippen molar-refractivity contribution in [1.82, 2.24) is 9.47 Å². The Hall–Kier alpha value is -1.45. The van der Waals surface area contributed by atoms with Gasteiger partial charge in [0.1, 0.15) is 8.24 Å². The molecule has 0 aromatic heterocycles. The van der Waals surface area contributed by atoms with Crippen LogP contribution in [0.4, 0.5) is 0 Å². The van der Waals surface area contributed by atoms with Gasteiger partial charge < -0.3 is 19.9 Å². The molecule has 0 saturated heterocycles. The van der Waals surface area contributed by atoms with Crippen molar-refractivity contribution in [2.75, 3.05) is 32.7 Å². The zero-order valence-electron chi connectivity index (χ0n) is 14.8. The molecule has 3 N–H and O–H groups in total. The Labute approximate surface area is 144 Å². The predicted molar refractivity (Wildman–Crippen MR) is 92.7 cm³/mol. The Bertz CT molecular complexity index is 409. The maximum absolute atomic E-state index is 10.9. The van der Waals surface area contributed by atoms with Crippen molar-refractivity contribution in [2.24, 2.45) is 0 Å². The average Bonchev–Trinajstić information content (AvgIpc) is 2.38. The lowest BCUT2D eigenvalue weighted by Crippen LogP contribution is -2.48. The van der Waals surface area contributed by atoms with Crippen LogP contribution in [0, 0.1) is 0 Å². The number of aliphatic carboxylic acids is 3. The highest BCUT2D eigenvalue weighted by Gasteiger charge is 2.25. The largest absolute Gasteiger partial charge is 0.480 e. The number of rotatable bonds is 14. The molecule has 0 fully saturated rings. The summed E-state index contributed by atoms with van der Waals surface area (Å²) < 4.78 is 2.05. The second kappa shape index (κ2) is 11.2. The first-order chi connectivity index (χ1) is 11.0. The monoisotopic (exact) mass is 362 g/mol. The molecule has 0 heterocycles. The van der Waals surface area contributed by atoms with Gasteiger partial charge in [-0.1, -0.05) is 32.5 Å². The summed E-state index contributed by atoms with van der Waals surface area (Å²) in [6, 6.07) is 0. The summed E-state index contributed by atoms with van der Waals surface area (Å²) in [7, 11) is -1.66. The van der Waals surface area contributed by atoms with Crippen LogP contribution in [0.2, 0.25) is 19.6 Å². The number of carboxylic acids is 3. The van der Waals surface area contributed by atoms with Crippen LogP contribution in [-0.4, -0.2) is 83.7 Å². The first-order valence-corrected chi connectivity index (χ1v) is 11.6. The molecule has 140 valence electrons. The van der Waals surface area contributed by atoms with Crippen molar-refractivity contribution >= 4 is 26.1 Å². The molecule has 0 aromatic carbocycles. The van der Waals surface area contributed by atoms with Crippen LogP contribution in [0.15, 0.2) is 0 Å². The minimum Gasteiger partial charge on any atom is -0.480 e. The van der Waals surface area contributed by atoms with Gasteiger partial charge in [-0.05, 0) is 25.9 Å². The van der Waals surface area contributed by atoms with E-state index in [4.69, 9.17) is 15.3 Å². The Morgan fingerprint density at radius 2 is 1.12 bits per heavy atom. The third kappa shape index (κ3) is 12.0. The average molecular weight is 362 g/mol. The molecule has 0 unspecified atom stereocenters. The highest BCUT2D eigenvalue weighted by atomic mass is 28.3. The molecule has 0 rings (SSSR count). The number of nitrogens with zero attached hydrogens (tertiary/aromatic N) is 2. The fraction of sp³-hybridized carbons (Fsp3) is 0.800. The quantitative estimate of drug-likeness (QED) is 0.312. The van der Waals surface area contributed by atoms with Crippen LogP contribution in [0.1, 0.15) is 25.7 Å². The molecule has 0 aliphatic rings. The standard InChI is InChI=1S/C15H30N2O6Si/c1-24(2,3)17(12-15(22)23)9-7-5-4-6-8-16(10-13(18)19)11-14(20)21/h4-12H2,1-3H3,(H,18,19)(H,20,21)(H,22,23). The van der Waals surface area contributed by atoms with E-state index in [-0.39, 0.29) is 19.6 Å². The predicted octanol–water partition coefficient (Wildman–Crippen LogP) is 1.24. The third-order valence-corrected chi connectivity index (χ3v) is 5.92. The lowest BCUT2D eigenvalue weighted by Gasteiger charge is -2.32. The first kappa shape index (κ1) is 22.5. The van der Waals surface area contributed by atoms with E-state index in [9.17, 15) is 14.4 Å². The van der Waals surface area contributed by atoms with E-state index in [2.05, 4.69) is 24.2 Å². The van der Waals surface area contributed by atoms with Gasteiger partial charge in [0.2, 0.25) is 0 Å². The topological polar surface area (TPSA) is 118 Å². The number of carbonyl (C=O) groups is 3. The van der Waals surface area contributed by atoms with Crippen LogP contribution < -0.4 is 0 Å². The van der Waals surface area contributed by atoms with Crippen molar-refractivity contribution in [2.45, 2.75) is 45.3 Å². The van der Waals surface area contributed by atoms with Crippen molar-refractivity contribution < 1.29 is 29.7 Å². The molecule has 0 saturated carbocycles. The van der Waals surface area contributed by atoms with Gasteiger partial charge >= 0.3 is 17.9 Å². The minimum atomic E-state index is -1.66. The Morgan fingerprint density at radius 1 is 0.708 bits per heavy atom. The molecule has 24 heavy (non-hydrogen) atoms. The SMILES string of the molecule is C[Si](C)(C)N(CCCCCCN(CC(=O)O)CC(=O)O)CC(=O)O. The van der Waals surface area contributed by atoms with E-state index >= 15 is 0 Å². The summed E-state index contributed by atoms with van der Waals surface area (Å²) in [5, 5.41) is 26.5. The normalized spacial score (nSPS) is 11.9. The van der Waals surface area contributed by atoms with E-state index in [1.807, 2.05) is 0 Å². The zero-order valence-corrected chi connectivity index (χ0v) is 15.8. The third-order valence-electron chi connectivity index (χ3n) is 3.64. The molecular formula is C15H30N2O6Si. The van der Waals surface area contributed by atoms with Gasteiger partial charge in [0, 0.05) is 0 Å². The highest BCUT2D eigenvalue weighted by Crippen LogP contribution is 2.11. The van der Waals surface area contributed by atoms with E-state index in [1.54, 1.807) is 0 Å². The van der Waals surface area contributed by atoms with Gasteiger partial charge in [-0.3, -0.25) is 19.3 Å². The summed E-state index contributed by atoms with van der Waals surface area (Å²) in [5.74, 6) is -2.87. The molecular weight excluding hydrogens is 332 g/mol. The second-order valence-electron chi connectivity index (χ2n) is 6.90. The molecule has 8 nitrogen and oxygen atoms in total. The summed E-state index contributed by atoms with van der Waals surface area (Å²) in [6.07, 6.45) is 3.39. The Kier molecular flexibility index (Phi) is 10.5. The summed E-state index contributed by atoms with van der Waals surface area (Å²) in [4.78, 5) is 33.7. The van der Waals surface area contributed by atoms with Crippen LogP contribution >= 0.6 is 0 Å². The first-order valence-electron chi connectivity index (χ1n) is 8.15. The molecule has 0 bridgehead atoms. The van der Waals surface area contributed by atoms with E-state index in [0.29, 0.717) is 6.54 Å².